The Labute approximate surface area is 152 Å². The summed E-state index contributed by atoms with van der Waals surface area (Å²) in [6, 6.07) is 11.7. The van der Waals surface area contributed by atoms with Crippen molar-refractivity contribution in [1.29, 1.82) is 0 Å². The van der Waals surface area contributed by atoms with Gasteiger partial charge in [0, 0.05) is 5.69 Å². The van der Waals surface area contributed by atoms with Crippen LogP contribution >= 0.6 is 0 Å². The van der Waals surface area contributed by atoms with Crippen molar-refractivity contribution in [3.05, 3.63) is 59.2 Å². The molecule has 3 rings (SSSR count). The first kappa shape index (κ1) is 18.1. The van der Waals surface area contributed by atoms with Crippen LogP contribution in [0.3, 0.4) is 0 Å². The predicted molar refractivity (Wildman–Crippen MR) is 98.6 cm³/mol. The number of nitrogens with one attached hydrogen (secondary N) is 1. The Hall–Kier alpha value is -2.67. The van der Waals surface area contributed by atoms with E-state index >= 15 is 0 Å². The average Bonchev–Trinajstić information content (AvgIpc) is 2.78. The molecule has 0 radical (unpaired) electrons. The Balaban J connectivity index is 1.86. The van der Waals surface area contributed by atoms with E-state index in [0.29, 0.717) is 9.99 Å². The third-order valence-electron chi connectivity index (χ3n) is 4.39. The number of sulfonamides is 1. The van der Waals surface area contributed by atoms with E-state index in [4.69, 9.17) is 0 Å². The summed E-state index contributed by atoms with van der Waals surface area (Å²) >= 11 is 0. The number of hydrogen-bond acceptors (Lipinski definition) is 4. The van der Waals surface area contributed by atoms with Gasteiger partial charge in [-0.05, 0) is 36.1 Å². The molecule has 1 aliphatic rings. The number of anilines is 1. The second-order valence-electron chi connectivity index (χ2n) is 6.56. The van der Waals surface area contributed by atoms with E-state index in [0.717, 1.165) is 11.1 Å². The first-order valence-corrected chi connectivity index (χ1v) is 9.73. The van der Waals surface area contributed by atoms with Crippen LogP contribution in [-0.2, 0) is 14.8 Å². The Morgan fingerprint density at radius 3 is 2.46 bits per heavy atom. The Kier molecular flexibility index (Phi) is 4.58. The molecule has 1 heterocycles. The molecule has 0 saturated carbocycles. The van der Waals surface area contributed by atoms with E-state index in [1.807, 2.05) is 39.0 Å². The van der Waals surface area contributed by atoms with Gasteiger partial charge in [0.05, 0.1) is 5.56 Å². The first-order valence-electron chi connectivity index (χ1n) is 8.29. The average molecular weight is 372 g/mol. The minimum Gasteiger partial charge on any atom is -0.324 e. The fraction of sp³-hybridized carbons (Fsp3) is 0.263. The standard InChI is InChI=1S/C19H20N2O4S/c1-12(2)14-9-6-7-13(3)18(14)20-17(22)11-21-19(23)15-8-4-5-10-16(15)26(21,24)25/h4-10,12H,11H2,1-3H3,(H,20,22). The number of carbonyl (C=O) groups is 2. The zero-order chi connectivity index (χ0) is 19.1. The highest BCUT2D eigenvalue weighted by molar-refractivity contribution is 7.90. The van der Waals surface area contributed by atoms with Gasteiger partial charge < -0.3 is 5.32 Å². The highest BCUT2D eigenvalue weighted by Crippen LogP contribution is 2.30. The van der Waals surface area contributed by atoms with Crippen LogP contribution < -0.4 is 5.32 Å². The fourth-order valence-corrected chi connectivity index (χ4v) is 4.56. The lowest BCUT2D eigenvalue weighted by Gasteiger charge is -2.19. The number of hydrogen-bond donors (Lipinski definition) is 1. The van der Waals surface area contributed by atoms with Crippen LogP contribution in [0.5, 0.6) is 0 Å². The number of aryl methyl sites for hydroxylation is 1. The SMILES string of the molecule is Cc1cccc(C(C)C)c1NC(=O)CN1C(=O)c2ccccc2S1(=O)=O. The third kappa shape index (κ3) is 2.99. The molecule has 136 valence electrons. The molecule has 0 bridgehead atoms. The van der Waals surface area contributed by atoms with Crippen molar-refractivity contribution in [1.82, 2.24) is 4.31 Å². The summed E-state index contributed by atoms with van der Waals surface area (Å²) in [6.07, 6.45) is 0. The largest absolute Gasteiger partial charge is 0.324 e. The maximum atomic E-state index is 12.5. The van der Waals surface area contributed by atoms with Crippen molar-refractivity contribution >= 4 is 27.5 Å². The summed E-state index contributed by atoms with van der Waals surface area (Å²) in [6.45, 7) is 5.34. The zero-order valence-electron chi connectivity index (χ0n) is 14.8. The van der Waals surface area contributed by atoms with E-state index in [2.05, 4.69) is 5.32 Å². The maximum absolute atomic E-state index is 12.5. The van der Waals surface area contributed by atoms with Crippen molar-refractivity contribution in [2.75, 3.05) is 11.9 Å². The van der Waals surface area contributed by atoms with Gasteiger partial charge in [0.25, 0.3) is 15.9 Å². The number of nitrogens with zero attached hydrogens (tertiary/aromatic N) is 1. The van der Waals surface area contributed by atoms with Crippen LogP contribution in [0.15, 0.2) is 47.4 Å². The minimum atomic E-state index is -4.00. The Bertz CT molecular complexity index is 996. The molecular weight excluding hydrogens is 352 g/mol. The van der Waals surface area contributed by atoms with Gasteiger partial charge in [-0.2, -0.15) is 0 Å². The highest BCUT2D eigenvalue weighted by atomic mass is 32.2. The van der Waals surface area contributed by atoms with Crippen molar-refractivity contribution in [3.8, 4) is 0 Å². The van der Waals surface area contributed by atoms with Gasteiger partial charge in [-0.3, -0.25) is 9.59 Å². The molecular formula is C19H20N2O4S. The number of rotatable bonds is 4. The predicted octanol–water partition coefficient (Wildman–Crippen LogP) is 2.90. The van der Waals surface area contributed by atoms with Gasteiger partial charge in [-0.15, -0.1) is 0 Å². The maximum Gasteiger partial charge on any atom is 0.269 e. The smallest absolute Gasteiger partial charge is 0.269 e. The topological polar surface area (TPSA) is 83.6 Å². The third-order valence-corrected chi connectivity index (χ3v) is 6.18. The summed E-state index contributed by atoms with van der Waals surface area (Å²) in [5.41, 5.74) is 2.59. The minimum absolute atomic E-state index is 0.0587. The number of fused-ring (bicyclic) bond motifs is 1. The number of amides is 2. The van der Waals surface area contributed by atoms with E-state index in [1.165, 1.54) is 12.1 Å². The van der Waals surface area contributed by atoms with Crippen LogP contribution in [-0.4, -0.2) is 31.1 Å². The summed E-state index contributed by atoms with van der Waals surface area (Å²) in [5, 5.41) is 2.77. The van der Waals surface area contributed by atoms with Crippen LogP contribution in [0.25, 0.3) is 0 Å². The van der Waals surface area contributed by atoms with Crippen molar-refractivity contribution in [3.63, 3.8) is 0 Å². The summed E-state index contributed by atoms with van der Waals surface area (Å²) in [4.78, 5) is 24.9. The fourth-order valence-electron chi connectivity index (χ4n) is 3.04. The van der Waals surface area contributed by atoms with Gasteiger partial charge in [-0.1, -0.05) is 44.2 Å². The van der Waals surface area contributed by atoms with E-state index < -0.39 is 28.4 Å². The lowest BCUT2D eigenvalue weighted by molar-refractivity contribution is -0.116. The molecule has 0 saturated heterocycles. The summed E-state index contributed by atoms with van der Waals surface area (Å²) in [7, 11) is -4.00. The van der Waals surface area contributed by atoms with Crippen LogP contribution in [0.4, 0.5) is 5.69 Å². The molecule has 2 aromatic carbocycles. The highest BCUT2D eigenvalue weighted by Gasteiger charge is 2.41. The number of carbonyl (C=O) groups excluding carboxylic acids is 2. The lowest BCUT2D eigenvalue weighted by Crippen LogP contribution is -2.37. The second-order valence-corrected chi connectivity index (χ2v) is 8.39. The molecule has 0 fully saturated rings. The van der Waals surface area contributed by atoms with Crippen molar-refractivity contribution in [2.24, 2.45) is 0 Å². The first-order chi connectivity index (χ1) is 12.2. The number of benzene rings is 2. The Morgan fingerprint density at radius 2 is 1.81 bits per heavy atom. The lowest BCUT2D eigenvalue weighted by atomic mass is 9.98. The molecule has 0 spiro atoms. The summed E-state index contributed by atoms with van der Waals surface area (Å²) in [5.74, 6) is -1.04. The molecule has 1 aliphatic heterocycles. The van der Waals surface area contributed by atoms with Gasteiger partial charge in [-0.25, -0.2) is 12.7 Å². The molecule has 0 unspecified atom stereocenters. The molecule has 7 heteroatoms. The van der Waals surface area contributed by atoms with Gasteiger partial charge in [0.15, 0.2) is 0 Å². The van der Waals surface area contributed by atoms with Gasteiger partial charge in [0.1, 0.15) is 11.4 Å². The van der Waals surface area contributed by atoms with Gasteiger partial charge >= 0.3 is 0 Å². The van der Waals surface area contributed by atoms with Crippen molar-refractivity contribution < 1.29 is 18.0 Å². The molecule has 26 heavy (non-hydrogen) atoms. The molecule has 2 amide bonds. The number of para-hydroxylation sites is 1. The monoisotopic (exact) mass is 372 g/mol. The molecule has 0 aromatic heterocycles. The van der Waals surface area contributed by atoms with E-state index in [1.54, 1.807) is 12.1 Å². The van der Waals surface area contributed by atoms with Crippen LogP contribution in [0.1, 0.15) is 41.3 Å². The zero-order valence-corrected chi connectivity index (χ0v) is 15.6. The quantitative estimate of drug-likeness (QED) is 0.894. The molecule has 0 aliphatic carbocycles. The van der Waals surface area contributed by atoms with E-state index in [-0.39, 0.29) is 16.4 Å². The second kappa shape index (κ2) is 6.57. The van der Waals surface area contributed by atoms with Crippen LogP contribution in [0.2, 0.25) is 0 Å². The molecule has 2 aromatic rings. The van der Waals surface area contributed by atoms with E-state index in [9.17, 15) is 18.0 Å². The summed E-state index contributed by atoms with van der Waals surface area (Å²) < 4.78 is 25.7. The molecule has 1 N–H and O–H groups in total. The normalized spacial score (nSPS) is 15.2. The molecule has 6 nitrogen and oxygen atoms in total. The van der Waals surface area contributed by atoms with Gasteiger partial charge in [0.2, 0.25) is 5.91 Å². The van der Waals surface area contributed by atoms with Crippen LogP contribution in [0, 0.1) is 6.92 Å². The molecule has 0 atom stereocenters. The van der Waals surface area contributed by atoms with Crippen molar-refractivity contribution in [2.45, 2.75) is 31.6 Å². The Morgan fingerprint density at radius 1 is 1.12 bits per heavy atom.